The second-order valence-corrected chi connectivity index (χ2v) is 6.02. The van der Waals surface area contributed by atoms with Crippen molar-refractivity contribution in [3.8, 4) is 0 Å². The normalized spacial score (nSPS) is 15.3. The molecule has 7 heteroatoms. The van der Waals surface area contributed by atoms with Gasteiger partial charge in [0.15, 0.2) is 5.70 Å². The predicted molar refractivity (Wildman–Crippen MR) is 92.6 cm³/mol. The Morgan fingerprint density at radius 3 is 2.58 bits per heavy atom. The van der Waals surface area contributed by atoms with Gasteiger partial charge in [-0.25, -0.2) is 9.79 Å². The first-order chi connectivity index (χ1) is 11.4. The number of nitro groups is 1. The van der Waals surface area contributed by atoms with Crippen molar-refractivity contribution in [3.63, 3.8) is 0 Å². The molecule has 0 amide bonds. The standard InChI is InChI=1S/C17H11BrN2O4/c1-10-2-5-12(6-3-10)16-19-14(17(21)24-16)8-11-4-7-13(18)15(9-11)20(22)23/h2-9H,1H3. The number of rotatable bonds is 3. The van der Waals surface area contributed by atoms with Crippen LogP contribution in [0.1, 0.15) is 16.7 Å². The fourth-order valence-electron chi connectivity index (χ4n) is 2.15. The summed E-state index contributed by atoms with van der Waals surface area (Å²) >= 11 is 3.12. The molecule has 1 heterocycles. The van der Waals surface area contributed by atoms with E-state index < -0.39 is 10.9 Å². The van der Waals surface area contributed by atoms with Gasteiger partial charge >= 0.3 is 5.97 Å². The summed E-state index contributed by atoms with van der Waals surface area (Å²) in [6, 6.07) is 12.0. The molecule has 0 aromatic heterocycles. The number of nitrogens with zero attached hydrogens (tertiary/aromatic N) is 2. The lowest BCUT2D eigenvalue weighted by Gasteiger charge is -1.99. The fraction of sp³-hybridized carbons (Fsp3) is 0.0588. The number of cyclic esters (lactones) is 1. The van der Waals surface area contributed by atoms with E-state index in [1.807, 2.05) is 31.2 Å². The summed E-state index contributed by atoms with van der Waals surface area (Å²) < 4.78 is 5.54. The van der Waals surface area contributed by atoms with Crippen LogP contribution < -0.4 is 0 Å². The van der Waals surface area contributed by atoms with Gasteiger partial charge in [0.2, 0.25) is 5.90 Å². The van der Waals surface area contributed by atoms with Crippen molar-refractivity contribution < 1.29 is 14.5 Å². The van der Waals surface area contributed by atoms with Gasteiger partial charge < -0.3 is 4.74 Å². The van der Waals surface area contributed by atoms with E-state index in [2.05, 4.69) is 20.9 Å². The van der Waals surface area contributed by atoms with Gasteiger partial charge in [-0.15, -0.1) is 0 Å². The van der Waals surface area contributed by atoms with Crippen LogP contribution in [0.15, 0.2) is 57.6 Å². The number of halogens is 1. The molecule has 0 saturated carbocycles. The molecule has 1 aliphatic rings. The molecule has 3 rings (SSSR count). The summed E-state index contributed by atoms with van der Waals surface area (Å²) in [4.78, 5) is 26.6. The van der Waals surface area contributed by atoms with E-state index in [9.17, 15) is 14.9 Å². The Balaban J connectivity index is 1.95. The van der Waals surface area contributed by atoms with Gasteiger partial charge in [0, 0.05) is 11.6 Å². The van der Waals surface area contributed by atoms with Crippen molar-refractivity contribution in [3.05, 3.63) is 79.4 Å². The van der Waals surface area contributed by atoms with Crippen LogP contribution in [0.2, 0.25) is 0 Å². The van der Waals surface area contributed by atoms with E-state index >= 15 is 0 Å². The molecule has 24 heavy (non-hydrogen) atoms. The maximum atomic E-state index is 12.0. The molecule has 1 aliphatic heterocycles. The van der Waals surface area contributed by atoms with Crippen LogP contribution in [0.4, 0.5) is 5.69 Å². The lowest BCUT2D eigenvalue weighted by Crippen LogP contribution is -2.05. The number of nitro benzene ring substituents is 1. The quantitative estimate of drug-likeness (QED) is 0.345. The third-order valence-electron chi connectivity index (χ3n) is 3.39. The van der Waals surface area contributed by atoms with Gasteiger partial charge in [-0.3, -0.25) is 10.1 Å². The molecule has 0 N–H and O–H groups in total. The van der Waals surface area contributed by atoms with E-state index in [0.717, 1.165) is 5.56 Å². The van der Waals surface area contributed by atoms with Gasteiger partial charge in [0.1, 0.15) is 0 Å². The maximum Gasteiger partial charge on any atom is 0.363 e. The predicted octanol–water partition coefficient (Wildman–Crippen LogP) is 4.01. The molecule has 0 aliphatic carbocycles. The minimum absolute atomic E-state index is 0.0848. The summed E-state index contributed by atoms with van der Waals surface area (Å²) in [5.74, 6) is -0.367. The first-order valence-electron chi connectivity index (χ1n) is 6.97. The molecule has 0 unspecified atom stereocenters. The average Bonchev–Trinajstić information content (AvgIpc) is 2.90. The van der Waals surface area contributed by atoms with Gasteiger partial charge in [0.25, 0.3) is 5.69 Å². The third kappa shape index (κ3) is 3.26. The molecular formula is C17H11BrN2O4. The Morgan fingerprint density at radius 2 is 1.92 bits per heavy atom. The second kappa shape index (κ2) is 6.37. The van der Waals surface area contributed by atoms with E-state index in [0.29, 0.717) is 15.6 Å². The van der Waals surface area contributed by atoms with Crippen LogP contribution in [0.5, 0.6) is 0 Å². The van der Waals surface area contributed by atoms with Crippen LogP contribution >= 0.6 is 15.9 Å². The van der Waals surface area contributed by atoms with Crippen LogP contribution in [-0.4, -0.2) is 16.8 Å². The Morgan fingerprint density at radius 1 is 1.21 bits per heavy atom. The number of benzene rings is 2. The number of aliphatic imine (C=N–C) groups is 1. The smallest absolute Gasteiger partial charge is 0.363 e. The van der Waals surface area contributed by atoms with Crippen molar-refractivity contribution in [2.24, 2.45) is 4.99 Å². The van der Waals surface area contributed by atoms with Crippen molar-refractivity contribution >= 4 is 39.6 Å². The molecule has 120 valence electrons. The average molecular weight is 387 g/mol. The SMILES string of the molecule is Cc1ccc(C2=NC(=Cc3ccc(Br)c([N+](=O)[O-])c3)C(=O)O2)cc1. The highest BCUT2D eigenvalue weighted by Crippen LogP contribution is 2.27. The molecule has 0 spiro atoms. The molecule has 0 atom stereocenters. The number of carbonyl (C=O) groups is 1. The summed E-state index contributed by atoms with van der Waals surface area (Å²) in [6.45, 7) is 1.96. The van der Waals surface area contributed by atoms with Crippen molar-refractivity contribution in [1.82, 2.24) is 0 Å². The van der Waals surface area contributed by atoms with E-state index in [1.54, 1.807) is 12.1 Å². The fourth-order valence-corrected chi connectivity index (χ4v) is 2.54. The monoisotopic (exact) mass is 386 g/mol. The third-order valence-corrected chi connectivity index (χ3v) is 4.06. The van der Waals surface area contributed by atoms with E-state index in [1.165, 1.54) is 12.1 Å². The van der Waals surface area contributed by atoms with Crippen LogP contribution in [0.3, 0.4) is 0 Å². The number of esters is 1. The summed E-state index contributed by atoms with van der Waals surface area (Å²) in [5, 5.41) is 11.0. The number of hydrogen-bond acceptors (Lipinski definition) is 5. The Labute approximate surface area is 145 Å². The lowest BCUT2D eigenvalue weighted by atomic mass is 10.1. The van der Waals surface area contributed by atoms with Crippen molar-refractivity contribution in [2.75, 3.05) is 0 Å². The summed E-state index contributed by atoms with van der Waals surface area (Å²) in [6.07, 6.45) is 1.46. The largest absolute Gasteiger partial charge is 0.402 e. The highest BCUT2D eigenvalue weighted by atomic mass is 79.9. The van der Waals surface area contributed by atoms with Gasteiger partial charge in [-0.2, -0.15) is 0 Å². The van der Waals surface area contributed by atoms with Crippen LogP contribution in [0, 0.1) is 17.0 Å². The highest BCUT2D eigenvalue weighted by molar-refractivity contribution is 9.10. The highest BCUT2D eigenvalue weighted by Gasteiger charge is 2.24. The Kier molecular flexibility index (Phi) is 4.26. The van der Waals surface area contributed by atoms with Gasteiger partial charge in [-0.05, 0) is 52.7 Å². The van der Waals surface area contributed by atoms with E-state index in [-0.39, 0.29) is 17.3 Å². The second-order valence-electron chi connectivity index (χ2n) is 5.17. The molecule has 6 nitrogen and oxygen atoms in total. The number of carbonyl (C=O) groups excluding carboxylic acids is 1. The summed E-state index contributed by atoms with van der Waals surface area (Å²) in [5.41, 5.74) is 2.28. The topological polar surface area (TPSA) is 81.8 Å². The number of aryl methyl sites for hydroxylation is 1. The van der Waals surface area contributed by atoms with Gasteiger partial charge in [-0.1, -0.05) is 23.8 Å². The van der Waals surface area contributed by atoms with Crippen LogP contribution in [0.25, 0.3) is 6.08 Å². The maximum absolute atomic E-state index is 12.0. The molecule has 0 bridgehead atoms. The minimum Gasteiger partial charge on any atom is -0.402 e. The zero-order valence-corrected chi connectivity index (χ0v) is 14.1. The Bertz CT molecular complexity index is 901. The molecule has 0 radical (unpaired) electrons. The first kappa shape index (κ1) is 16.1. The molecule has 2 aromatic carbocycles. The van der Waals surface area contributed by atoms with Crippen molar-refractivity contribution in [2.45, 2.75) is 6.92 Å². The zero-order valence-electron chi connectivity index (χ0n) is 12.5. The van der Waals surface area contributed by atoms with Gasteiger partial charge in [0.05, 0.1) is 9.40 Å². The first-order valence-corrected chi connectivity index (χ1v) is 7.77. The molecule has 2 aromatic rings. The minimum atomic E-state index is -0.587. The molecule has 0 fully saturated rings. The lowest BCUT2D eigenvalue weighted by molar-refractivity contribution is -0.385. The molecular weight excluding hydrogens is 376 g/mol. The van der Waals surface area contributed by atoms with E-state index in [4.69, 9.17) is 4.74 Å². The Hall–Kier alpha value is -2.80. The zero-order chi connectivity index (χ0) is 17.3. The summed E-state index contributed by atoms with van der Waals surface area (Å²) in [7, 11) is 0. The van der Waals surface area contributed by atoms with Crippen LogP contribution in [-0.2, 0) is 9.53 Å². The number of ether oxygens (including phenoxy) is 1. The number of hydrogen-bond donors (Lipinski definition) is 0. The van der Waals surface area contributed by atoms with Crippen molar-refractivity contribution in [1.29, 1.82) is 0 Å². The molecule has 0 saturated heterocycles.